The van der Waals surface area contributed by atoms with E-state index in [1.807, 2.05) is 0 Å². The second-order valence-electron chi connectivity index (χ2n) is 17.0. The largest absolute Gasteiger partial charge is 0.488 e. The molecule has 0 amide bonds. The van der Waals surface area contributed by atoms with Gasteiger partial charge in [0, 0.05) is 23.9 Å². The molecule has 0 N–H and O–H groups in total. The fourth-order valence-electron chi connectivity index (χ4n) is 7.52. The standard InChI is InChI=1S/C50H80Br6O6S/c1-3-5-7-9-11-13-15-17-19-21-23-25-27-29-31-59-41(37-51)39-61-49-45(53)33-43(34-46(49)54)63(57,58)44-35-47(55)50(48(56)36-44)62-40-42(38-52)60-32-30-28-26-24-22-20-18-16-14-12-10-8-6-4-2/h33-36,41-42H,3-32,37-40H2,1-2H3. The van der Waals surface area contributed by atoms with Crippen molar-refractivity contribution in [3.8, 4) is 11.5 Å². The Hall–Kier alpha value is 0.790. The molecule has 0 spiro atoms. The van der Waals surface area contributed by atoms with Crippen molar-refractivity contribution in [3.05, 3.63) is 42.2 Å². The molecule has 0 radical (unpaired) electrons. The van der Waals surface area contributed by atoms with Gasteiger partial charge >= 0.3 is 0 Å². The molecule has 0 aliphatic rings. The molecule has 6 nitrogen and oxygen atoms in total. The van der Waals surface area contributed by atoms with Gasteiger partial charge in [-0.1, -0.05) is 213 Å². The lowest BCUT2D eigenvalue weighted by Gasteiger charge is -2.19. The van der Waals surface area contributed by atoms with Crippen molar-refractivity contribution in [1.29, 1.82) is 0 Å². The number of hydrogen-bond donors (Lipinski definition) is 0. The molecule has 13 heteroatoms. The van der Waals surface area contributed by atoms with E-state index in [0.29, 0.717) is 66.5 Å². The zero-order valence-electron chi connectivity index (χ0n) is 38.6. The van der Waals surface area contributed by atoms with Gasteiger partial charge in [-0.15, -0.1) is 0 Å². The van der Waals surface area contributed by atoms with Crippen molar-refractivity contribution in [3.63, 3.8) is 0 Å². The highest BCUT2D eigenvalue weighted by molar-refractivity contribution is 9.11. The highest BCUT2D eigenvalue weighted by Gasteiger charge is 2.25. The SMILES string of the molecule is CCCCCCCCCCCCCCCCOC(CBr)COc1c(Br)cc(S(=O)(=O)c2cc(Br)c(OCC(CBr)OCCCCCCCCCCCCCCCC)c(Br)c2)cc1Br. The van der Waals surface area contributed by atoms with Crippen molar-refractivity contribution in [2.24, 2.45) is 0 Å². The van der Waals surface area contributed by atoms with Gasteiger partial charge in [0.05, 0.1) is 27.7 Å². The molecule has 2 rings (SSSR count). The van der Waals surface area contributed by atoms with Crippen molar-refractivity contribution in [2.45, 2.75) is 216 Å². The molecule has 2 unspecified atom stereocenters. The average molecular weight is 1290 g/mol. The van der Waals surface area contributed by atoms with Gasteiger partial charge in [-0.2, -0.15) is 0 Å². The smallest absolute Gasteiger partial charge is 0.206 e. The van der Waals surface area contributed by atoms with Crippen LogP contribution in [0.15, 0.2) is 51.9 Å². The number of hydrogen-bond acceptors (Lipinski definition) is 6. The van der Waals surface area contributed by atoms with Gasteiger partial charge in [0.1, 0.15) is 36.9 Å². The van der Waals surface area contributed by atoms with E-state index in [2.05, 4.69) is 109 Å². The third kappa shape index (κ3) is 26.9. The van der Waals surface area contributed by atoms with E-state index in [4.69, 9.17) is 18.9 Å². The lowest BCUT2D eigenvalue weighted by Crippen LogP contribution is -2.24. The first-order chi connectivity index (χ1) is 30.6. The van der Waals surface area contributed by atoms with Crippen LogP contribution in [0.1, 0.15) is 194 Å². The summed E-state index contributed by atoms with van der Waals surface area (Å²) in [5, 5.41) is 1.28. The zero-order chi connectivity index (χ0) is 46.0. The first-order valence-corrected chi connectivity index (χ1v) is 31.3. The summed E-state index contributed by atoms with van der Waals surface area (Å²) in [4.78, 5) is 0.256. The van der Waals surface area contributed by atoms with Crippen LogP contribution in [0.5, 0.6) is 11.5 Å². The maximum Gasteiger partial charge on any atom is 0.206 e. The third-order valence-electron chi connectivity index (χ3n) is 11.4. The van der Waals surface area contributed by atoms with Crippen molar-refractivity contribution in [1.82, 2.24) is 0 Å². The van der Waals surface area contributed by atoms with Crippen LogP contribution >= 0.6 is 95.6 Å². The second kappa shape index (κ2) is 38.6. The van der Waals surface area contributed by atoms with E-state index in [9.17, 15) is 8.42 Å². The number of sulfone groups is 1. The summed E-state index contributed by atoms with van der Waals surface area (Å²) in [6, 6.07) is 6.32. The lowest BCUT2D eigenvalue weighted by atomic mass is 10.0. The number of ether oxygens (including phenoxy) is 4. The third-order valence-corrected chi connectivity index (χ3v) is 17.0. The number of alkyl halides is 2. The van der Waals surface area contributed by atoms with Crippen LogP contribution in [0.3, 0.4) is 0 Å². The van der Waals surface area contributed by atoms with Gasteiger partial charge in [0.2, 0.25) is 9.84 Å². The van der Waals surface area contributed by atoms with Crippen LogP contribution in [0.4, 0.5) is 0 Å². The summed E-state index contributed by atoms with van der Waals surface area (Å²) in [5.41, 5.74) is 0. The van der Waals surface area contributed by atoms with Crippen molar-refractivity contribution in [2.75, 3.05) is 37.1 Å². The summed E-state index contributed by atoms with van der Waals surface area (Å²) >= 11 is 21.4. The Bertz CT molecular complexity index is 1410. The van der Waals surface area contributed by atoms with Crippen LogP contribution in [-0.2, 0) is 19.3 Å². The van der Waals surface area contributed by atoms with Crippen LogP contribution < -0.4 is 9.47 Å². The Labute approximate surface area is 435 Å². The first kappa shape index (κ1) is 59.9. The van der Waals surface area contributed by atoms with Crippen LogP contribution in [0.2, 0.25) is 0 Å². The van der Waals surface area contributed by atoms with Crippen LogP contribution in [0.25, 0.3) is 0 Å². The lowest BCUT2D eigenvalue weighted by molar-refractivity contribution is 0.0335. The fourth-order valence-corrected chi connectivity index (χ4v) is 13.1. The van der Waals surface area contributed by atoms with Crippen molar-refractivity contribution >= 4 is 105 Å². The summed E-state index contributed by atoms with van der Waals surface area (Å²) in [6.07, 6.45) is 36.9. The Kier molecular flexibility index (Phi) is 36.7. The maximum absolute atomic E-state index is 13.9. The molecule has 0 aliphatic carbocycles. The molecule has 0 bridgehead atoms. The number of benzene rings is 2. The maximum atomic E-state index is 13.9. The molecule has 0 saturated carbocycles. The van der Waals surface area contributed by atoms with Gasteiger partial charge in [-0.3, -0.25) is 0 Å². The Morgan fingerprint density at radius 3 is 0.889 bits per heavy atom. The minimum absolute atomic E-state index is 0.128. The molecular weight excluding hydrogens is 1210 g/mol. The second-order valence-corrected chi connectivity index (χ2v) is 23.7. The van der Waals surface area contributed by atoms with Gasteiger partial charge in [0.15, 0.2) is 0 Å². The average Bonchev–Trinajstić information content (AvgIpc) is 3.26. The zero-order valence-corrected chi connectivity index (χ0v) is 49.0. The van der Waals surface area contributed by atoms with E-state index in [0.717, 1.165) is 12.8 Å². The molecule has 2 aromatic carbocycles. The van der Waals surface area contributed by atoms with Crippen LogP contribution in [0, 0.1) is 0 Å². The molecule has 364 valence electrons. The van der Waals surface area contributed by atoms with Crippen molar-refractivity contribution < 1.29 is 27.4 Å². The van der Waals surface area contributed by atoms with Gasteiger partial charge < -0.3 is 18.9 Å². The molecule has 0 aliphatic heterocycles. The number of rotatable bonds is 42. The molecular formula is C50H80Br6O6S. The predicted octanol–water partition coefficient (Wildman–Crippen LogP) is 18.8. The minimum Gasteiger partial charge on any atom is -0.488 e. The molecule has 0 saturated heterocycles. The quantitative estimate of drug-likeness (QED) is 0.0487. The summed E-state index contributed by atoms with van der Waals surface area (Å²) in [7, 11) is -3.90. The van der Waals surface area contributed by atoms with E-state index in [1.165, 1.54) is 167 Å². The highest BCUT2D eigenvalue weighted by Crippen LogP contribution is 2.41. The van der Waals surface area contributed by atoms with Gasteiger partial charge in [0.25, 0.3) is 0 Å². The minimum atomic E-state index is -3.90. The fraction of sp³-hybridized carbons (Fsp3) is 0.760. The molecule has 0 fully saturated rings. The number of halogens is 6. The first-order valence-electron chi connectivity index (χ1n) is 24.4. The summed E-state index contributed by atoms with van der Waals surface area (Å²) in [6.45, 7) is 6.59. The Balaban J connectivity index is 1.73. The van der Waals surface area contributed by atoms with Gasteiger partial charge in [-0.05, 0) is 101 Å². The Morgan fingerprint density at radius 2 is 0.651 bits per heavy atom. The molecule has 2 atom stereocenters. The Morgan fingerprint density at radius 1 is 0.413 bits per heavy atom. The monoisotopic (exact) mass is 1280 g/mol. The summed E-state index contributed by atoms with van der Waals surface area (Å²) in [5.74, 6) is 1.05. The molecule has 63 heavy (non-hydrogen) atoms. The van der Waals surface area contributed by atoms with E-state index in [1.54, 1.807) is 24.3 Å². The van der Waals surface area contributed by atoms with E-state index in [-0.39, 0.29) is 22.0 Å². The normalized spacial score (nSPS) is 12.8. The van der Waals surface area contributed by atoms with Gasteiger partial charge in [-0.25, -0.2) is 8.42 Å². The topological polar surface area (TPSA) is 71.1 Å². The predicted molar refractivity (Wildman–Crippen MR) is 288 cm³/mol. The number of unbranched alkanes of at least 4 members (excludes halogenated alkanes) is 26. The van der Waals surface area contributed by atoms with E-state index >= 15 is 0 Å². The molecule has 0 heterocycles. The molecule has 0 aromatic heterocycles. The van der Waals surface area contributed by atoms with Crippen LogP contribution in [-0.4, -0.2) is 57.7 Å². The molecule has 2 aromatic rings. The van der Waals surface area contributed by atoms with E-state index < -0.39 is 9.84 Å². The summed E-state index contributed by atoms with van der Waals surface area (Å²) < 4.78 is 54.5. The highest BCUT2D eigenvalue weighted by atomic mass is 79.9.